The Morgan fingerprint density at radius 3 is 2.37 bits per heavy atom. The first-order valence-electron chi connectivity index (χ1n) is 10.4. The summed E-state index contributed by atoms with van der Waals surface area (Å²) in [7, 11) is -3.61. The van der Waals surface area contributed by atoms with Crippen LogP contribution in [0.3, 0.4) is 0 Å². The number of fused-ring (bicyclic) bond motifs is 2. The number of carbonyl (C=O) groups excluding carboxylic acids is 1. The maximum Gasteiger partial charge on any atom is 0.363 e. The van der Waals surface area contributed by atoms with Crippen molar-refractivity contribution in [2.45, 2.75) is 51.6 Å². The molecule has 2 aromatic rings. The van der Waals surface area contributed by atoms with E-state index in [1.165, 1.54) is 0 Å². The van der Waals surface area contributed by atoms with Crippen LogP contribution < -0.4 is 4.90 Å². The minimum Gasteiger partial charge on any atom is -0.337 e. The van der Waals surface area contributed by atoms with Gasteiger partial charge in [-0.15, -0.1) is 0 Å². The smallest absolute Gasteiger partial charge is 0.337 e. The van der Waals surface area contributed by atoms with Crippen LogP contribution in [0.15, 0.2) is 48.5 Å². The van der Waals surface area contributed by atoms with Crippen molar-refractivity contribution < 1.29 is 23.1 Å². The molecule has 2 aromatic carbocycles. The normalized spacial score (nSPS) is 22.8. The second-order valence-corrected chi connectivity index (χ2v) is 9.95. The van der Waals surface area contributed by atoms with E-state index < -0.39 is 19.0 Å². The summed E-state index contributed by atoms with van der Waals surface area (Å²) in [5.74, 6) is -0.861. The molecule has 0 aliphatic carbocycles. The van der Waals surface area contributed by atoms with E-state index in [0.29, 0.717) is 6.54 Å². The molecule has 1 saturated heterocycles. The van der Waals surface area contributed by atoms with Gasteiger partial charge in [-0.05, 0) is 43.0 Å². The van der Waals surface area contributed by atoms with Crippen molar-refractivity contribution in [3.63, 3.8) is 0 Å². The van der Waals surface area contributed by atoms with Crippen molar-refractivity contribution in [2.24, 2.45) is 0 Å². The highest BCUT2D eigenvalue weighted by atomic mass is 31.2. The molecule has 1 spiro atoms. The minimum absolute atomic E-state index is 0.216. The summed E-state index contributed by atoms with van der Waals surface area (Å²) >= 11 is 0. The zero-order chi connectivity index (χ0) is 21.5. The Morgan fingerprint density at radius 2 is 1.77 bits per heavy atom. The third-order valence-corrected chi connectivity index (χ3v) is 7.90. The van der Waals surface area contributed by atoms with Gasteiger partial charge in [0.25, 0.3) is 5.91 Å². The van der Waals surface area contributed by atoms with Gasteiger partial charge in [0.2, 0.25) is 11.4 Å². The third kappa shape index (κ3) is 3.32. The van der Waals surface area contributed by atoms with E-state index in [1.807, 2.05) is 48.5 Å². The van der Waals surface area contributed by atoms with E-state index in [-0.39, 0.29) is 25.0 Å². The monoisotopic (exact) mass is 429 g/mol. The van der Waals surface area contributed by atoms with Gasteiger partial charge in [0.1, 0.15) is 0 Å². The lowest BCUT2D eigenvalue weighted by molar-refractivity contribution is -0.123. The first-order chi connectivity index (χ1) is 14.4. The molecule has 0 bridgehead atoms. The number of ether oxygens (including phenoxy) is 1. The highest BCUT2D eigenvalue weighted by Crippen LogP contribution is 2.72. The standard InChI is InChI=1S/C23H28NO5P/c1-5-27-30(26,28-6-2)22-23(29-22)19-14-18(16(3)4)12-13-20(19)24(21(23)25)15-17-10-8-7-9-11-17/h7-14,16,22H,5-6,15H2,1-4H3/t22-,23+/m0/s1. The van der Waals surface area contributed by atoms with Crippen LogP contribution >= 0.6 is 7.60 Å². The number of hydrogen-bond donors (Lipinski definition) is 0. The summed E-state index contributed by atoms with van der Waals surface area (Å²) in [6, 6.07) is 15.8. The summed E-state index contributed by atoms with van der Waals surface area (Å²) < 4.78 is 30.4. The van der Waals surface area contributed by atoms with Gasteiger partial charge in [0.15, 0.2) is 0 Å². The van der Waals surface area contributed by atoms with Crippen LogP contribution in [-0.4, -0.2) is 25.0 Å². The Morgan fingerprint density at radius 1 is 1.10 bits per heavy atom. The highest BCUT2D eigenvalue weighted by molar-refractivity contribution is 7.55. The molecule has 1 amide bonds. The summed E-state index contributed by atoms with van der Waals surface area (Å²) in [6.07, 6.45) is 0. The van der Waals surface area contributed by atoms with Crippen LogP contribution in [-0.2, 0) is 35.3 Å². The lowest BCUT2D eigenvalue weighted by atomic mass is 9.95. The van der Waals surface area contributed by atoms with E-state index in [9.17, 15) is 9.36 Å². The number of benzene rings is 2. The molecule has 0 aromatic heterocycles. The fourth-order valence-corrected chi connectivity index (χ4v) is 6.16. The average Bonchev–Trinajstić information content (AvgIpc) is 3.45. The number of hydrogen-bond acceptors (Lipinski definition) is 5. The van der Waals surface area contributed by atoms with Crippen LogP contribution in [0, 0.1) is 0 Å². The van der Waals surface area contributed by atoms with E-state index in [4.69, 9.17) is 13.8 Å². The topological polar surface area (TPSA) is 68.4 Å². The molecule has 30 heavy (non-hydrogen) atoms. The molecule has 160 valence electrons. The Hall–Kier alpha value is -1.98. The van der Waals surface area contributed by atoms with Crippen LogP contribution in [0.25, 0.3) is 0 Å². The first-order valence-corrected chi connectivity index (χ1v) is 12.1. The molecule has 0 N–H and O–H groups in total. The summed E-state index contributed by atoms with van der Waals surface area (Å²) in [4.78, 5) is 15.4. The van der Waals surface area contributed by atoms with E-state index in [1.54, 1.807) is 18.7 Å². The third-order valence-electron chi connectivity index (χ3n) is 5.62. The fraction of sp³-hybridized carbons (Fsp3) is 0.435. The van der Waals surface area contributed by atoms with Crippen molar-refractivity contribution in [1.82, 2.24) is 0 Å². The SMILES string of the molecule is CCOP(=O)(OCC)[C@@H]1O[C@]12C(=O)N(Cc1ccccc1)c1ccc(C(C)C)cc12. The van der Waals surface area contributed by atoms with Crippen molar-refractivity contribution in [3.8, 4) is 0 Å². The Kier molecular flexibility index (Phi) is 5.62. The molecule has 2 aliphatic heterocycles. The maximum absolute atomic E-state index is 13.7. The molecule has 0 saturated carbocycles. The molecule has 2 aliphatic rings. The van der Waals surface area contributed by atoms with Crippen LogP contribution in [0.5, 0.6) is 0 Å². The van der Waals surface area contributed by atoms with Gasteiger partial charge >= 0.3 is 7.60 Å². The lowest BCUT2D eigenvalue weighted by Crippen LogP contribution is -2.33. The Balaban J connectivity index is 1.78. The predicted octanol–water partition coefficient (Wildman–Crippen LogP) is 5.17. The van der Waals surface area contributed by atoms with Gasteiger partial charge in [-0.25, -0.2) is 0 Å². The number of anilines is 1. The number of carbonyl (C=O) groups is 1. The maximum atomic E-state index is 13.7. The van der Waals surface area contributed by atoms with Gasteiger partial charge < -0.3 is 18.7 Å². The molecule has 0 radical (unpaired) electrons. The molecule has 2 atom stereocenters. The zero-order valence-electron chi connectivity index (χ0n) is 17.8. The molecular formula is C23H28NO5P. The van der Waals surface area contributed by atoms with Crippen molar-refractivity contribution >= 4 is 19.2 Å². The van der Waals surface area contributed by atoms with Crippen molar-refractivity contribution in [2.75, 3.05) is 18.1 Å². The minimum atomic E-state index is -3.61. The molecule has 0 unspecified atom stereocenters. The molecule has 2 heterocycles. The van der Waals surface area contributed by atoms with Crippen LogP contribution in [0.1, 0.15) is 50.3 Å². The average molecular weight is 429 g/mol. The predicted molar refractivity (Wildman–Crippen MR) is 116 cm³/mol. The second kappa shape index (κ2) is 7.93. The Labute approximate surface area is 177 Å². The van der Waals surface area contributed by atoms with Gasteiger partial charge in [-0.1, -0.05) is 50.2 Å². The van der Waals surface area contributed by atoms with Gasteiger partial charge in [0, 0.05) is 5.56 Å². The van der Waals surface area contributed by atoms with E-state index in [0.717, 1.165) is 22.4 Å². The summed E-state index contributed by atoms with van der Waals surface area (Å²) in [5, 5.41) is 0. The Bertz CT molecular complexity index is 982. The second-order valence-electron chi connectivity index (χ2n) is 7.89. The number of rotatable bonds is 8. The van der Waals surface area contributed by atoms with Gasteiger partial charge in [-0.3, -0.25) is 9.36 Å². The molecule has 6 nitrogen and oxygen atoms in total. The first kappa shape index (κ1) is 21.3. The number of amides is 1. The zero-order valence-corrected chi connectivity index (χ0v) is 18.7. The van der Waals surface area contributed by atoms with Crippen LogP contribution in [0.4, 0.5) is 5.69 Å². The van der Waals surface area contributed by atoms with Crippen molar-refractivity contribution in [1.29, 1.82) is 0 Å². The summed E-state index contributed by atoms with van der Waals surface area (Å²) in [6.45, 7) is 8.56. The number of nitrogens with zero attached hydrogens (tertiary/aromatic N) is 1. The molecule has 1 fully saturated rings. The quantitative estimate of drug-likeness (QED) is 0.428. The number of epoxide rings is 1. The largest absolute Gasteiger partial charge is 0.363 e. The van der Waals surface area contributed by atoms with Gasteiger partial charge in [-0.2, -0.15) is 0 Å². The van der Waals surface area contributed by atoms with Crippen molar-refractivity contribution in [3.05, 3.63) is 65.2 Å². The van der Waals surface area contributed by atoms with E-state index >= 15 is 0 Å². The fourth-order valence-electron chi connectivity index (χ4n) is 4.11. The summed E-state index contributed by atoms with van der Waals surface area (Å²) in [5.41, 5.74) is 2.33. The molecular weight excluding hydrogens is 401 g/mol. The lowest BCUT2D eigenvalue weighted by Gasteiger charge is -2.18. The highest BCUT2D eigenvalue weighted by Gasteiger charge is 2.76. The molecule has 4 rings (SSSR count). The van der Waals surface area contributed by atoms with Crippen LogP contribution in [0.2, 0.25) is 0 Å². The molecule has 7 heteroatoms. The van der Waals surface area contributed by atoms with E-state index in [2.05, 4.69) is 13.8 Å². The van der Waals surface area contributed by atoms with Gasteiger partial charge in [0.05, 0.1) is 25.4 Å².